The first-order valence-electron chi connectivity index (χ1n) is 5.36. The van der Waals surface area contributed by atoms with Crippen molar-refractivity contribution in [1.29, 1.82) is 0 Å². The molecule has 0 aliphatic heterocycles. The van der Waals surface area contributed by atoms with E-state index in [1.807, 2.05) is 13.8 Å². The Hall–Kier alpha value is -0.530. The van der Waals surface area contributed by atoms with Gasteiger partial charge in [-0.3, -0.25) is 4.79 Å². The smallest absolute Gasteiger partial charge is 0.306 e. The number of carbonyl (C=O) groups is 1. The van der Waals surface area contributed by atoms with E-state index in [1.54, 1.807) is 0 Å². The Balaban J connectivity index is 0. The van der Waals surface area contributed by atoms with E-state index >= 15 is 0 Å². The van der Waals surface area contributed by atoms with Crippen LogP contribution in [0.25, 0.3) is 0 Å². The Kier molecular flexibility index (Phi) is 13.2. The molecule has 0 rings (SSSR count). The zero-order valence-corrected chi connectivity index (χ0v) is 9.47. The average molecular weight is 188 g/mol. The van der Waals surface area contributed by atoms with Crippen LogP contribution in [0.2, 0.25) is 0 Å². The predicted octanol–water partition coefficient (Wildman–Crippen LogP) is 3.70. The Morgan fingerprint density at radius 1 is 1.08 bits per heavy atom. The predicted molar refractivity (Wildman–Crippen MR) is 56.9 cm³/mol. The number of carboxylic acids is 1. The van der Waals surface area contributed by atoms with Gasteiger partial charge in [-0.2, -0.15) is 0 Å². The molecule has 0 aliphatic rings. The van der Waals surface area contributed by atoms with Gasteiger partial charge in [0, 0.05) is 0 Å². The molecular weight excluding hydrogens is 164 g/mol. The Bertz CT molecular complexity index is 105. The summed E-state index contributed by atoms with van der Waals surface area (Å²) in [5.41, 5.74) is 0. The van der Waals surface area contributed by atoms with E-state index in [4.69, 9.17) is 5.11 Å². The molecule has 2 nitrogen and oxygen atoms in total. The molecule has 0 aromatic rings. The van der Waals surface area contributed by atoms with E-state index in [1.165, 1.54) is 6.42 Å². The lowest BCUT2D eigenvalue weighted by Gasteiger charge is -2.07. The van der Waals surface area contributed by atoms with Gasteiger partial charge in [-0.05, 0) is 12.8 Å². The van der Waals surface area contributed by atoms with Gasteiger partial charge in [-0.25, -0.2) is 0 Å². The van der Waals surface area contributed by atoms with E-state index in [9.17, 15) is 4.79 Å². The van der Waals surface area contributed by atoms with Crippen molar-refractivity contribution in [1.82, 2.24) is 0 Å². The molecule has 0 bridgehead atoms. The molecule has 0 aromatic carbocycles. The summed E-state index contributed by atoms with van der Waals surface area (Å²) in [5, 5.41) is 8.64. The van der Waals surface area contributed by atoms with Crippen molar-refractivity contribution in [3.8, 4) is 0 Å². The van der Waals surface area contributed by atoms with Crippen LogP contribution in [0.3, 0.4) is 0 Å². The molecule has 1 N–H and O–H groups in total. The van der Waals surface area contributed by atoms with Crippen LogP contribution < -0.4 is 0 Å². The first-order valence-corrected chi connectivity index (χ1v) is 5.36. The molecular formula is C11H24O2. The Morgan fingerprint density at radius 3 is 1.54 bits per heavy atom. The number of carboxylic acid groups (broad SMARTS) is 1. The molecule has 0 amide bonds. The van der Waals surface area contributed by atoms with Crippen molar-refractivity contribution in [2.45, 2.75) is 59.8 Å². The summed E-state index contributed by atoms with van der Waals surface area (Å²) in [6.07, 6.45) is 4.83. The molecule has 0 saturated carbocycles. The standard InChI is InChI=1S/C8H16O2.C3H8/c1-3-5-7(6-4-2)8(9)10;1-3-2/h7H,3-6H2,1-2H3,(H,9,10);3H2,1-2H3. The lowest BCUT2D eigenvalue weighted by molar-refractivity contribution is -0.142. The summed E-state index contributed by atoms with van der Waals surface area (Å²) in [4.78, 5) is 10.5. The minimum atomic E-state index is -0.635. The maximum absolute atomic E-state index is 10.5. The second-order valence-corrected chi connectivity index (χ2v) is 3.32. The molecule has 0 aliphatic carbocycles. The van der Waals surface area contributed by atoms with Gasteiger partial charge in [0.1, 0.15) is 0 Å². The first kappa shape index (κ1) is 15.0. The lowest BCUT2D eigenvalue weighted by Crippen LogP contribution is -2.12. The number of hydrogen-bond acceptors (Lipinski definition) is 1. The van der Waals surface area contributed by atoms with E-state index in [0.717, 1.165) is 25.7 Å². The van der Waals surface area contributed by atoms with E-state index < -0.39 is 5.97 Å². The van der Waals surface area contributed by atoms with E-state index in [0.29, 0.717) is 0 Å². The SMILES string of the molecule is CCC.CCCC(CCC)C(=O)O. The van der Waals surface area contributed by atoms with E-state index in [2.05, 4.69) is 13.8 Å². The monoisotopic (exact) mass is 188 g/mol. The largest absolute Gasteiger partial charge is 0.481 e. The molecule has 0 radical (unpaired) electrons. The topological polar surface area (TPSA) is 37.3 Å². The summed E-state index contributed by atoms with van der Waals surface area (Å²) in [6, 6.07) is 0. The molecule has 0 heterocycles. The third-order valence-corrected chi connectivity index (χ3v) is 1.62. The zero-order chi connectivity index (χ0) is 10.7. The summed E-state index contributed by atoms with van der Waals surface area (Å²) in [5.74, 6) is -0.737. The second kappa shape index (κ2) is 11.5. The summed E-state index contributed by atoms with van der Waals surface area (Å²) in [7, 11) is 0. The highest BCUT2D eigenvalue weighted by atomic mass is 16.4. The summed E-state index contributed by atoms with van der Waals surface area (Å²) >= 11 is 0. The molecule has 80 valence electrons. The summed E-state index contributed by atoms with van der Waals surface area (Å²) < 4.78 is 0. The molecule has 0 saturated heterocycles. The molecule has 13 heavy (non-hydrogen) atoms. The highest BCUT2D eigenvalue weighted by Crippen LogP contribution is 2.12. The molecule has 0 unspecified atom stereocenters. The van der Waals surface area contributed by atoms with Crippen molar-refractivity contribution < 1.29 is 9.90 Å². The van der Waals surface area contributed by atoms with Crippen molar-refractivity contribution in [3.63, 3.8) is 0 Å². The van der Waals surface area contributed by atoms with Gasteiger partial charge in [0.25, 0.3) is 0 Å². The van der Waals surface area contributed by atoms with Gasteiger partial charge in [-0.1, -0.05) is 47.0 Å². The van der Waals surface area contributed by atoms with Gasteiger partial charge >= 0.3 is 5.97 Å². The van der Waals surface area contributed by atoms with Crippen LogP contribution in [0, 0.1) is 5.92 Å². The number of hydrogen-bond donors (Lipinski definition) is 1. The van der Waals surface area contributed by atoms with Crippen molar-refractivity contribution >= 4 is 5.97 Å². The Morgan fingerprint density at radius 2 is 1.38 bits per heavy atom. The highest BCUT2D eigenvalue weighted by molar-refractivity contribution is 5.69. The Labute approximate surface area is 82.4 Å². The number of rotatable bonds is 5. The van der Waals surface area contributed by atoms with Gasteiger partial charge in [-0.15, -0.1) is 0 Å². The molecule has 0 atom stereocenters. The van der Waals surface area contributed by atoms with Gasteiger partial charge in [0.15, 0.2) is 0 Å². The van der Waals surface area contributed by atoms with Crippen LogP contribution in [-0.2, 0) is 4.79 Å². The quantitative estimate of drug-likeness (QED) is 0.714. The first-order chi connectivity index (χ1) is 6.13. The van der Waals surface area contributed by atoms with E-state index in [-0.39, 0.29) is 5.92 Å². The van der Waals surface area contributed by atoms with Crippen molar-refractivity contribution in [2.75, 3.05) is 0 Å². The maximum Gasteiger partial charge on any atom is 0.306 e. The minimum Gasteiger partial charge on any atom is -0.481 e. The fraction of sp³-hybridized carbons (Fsp3) is 0.909. The average Bonchev–Trinajstić information content (AvgIpc) is 2.05. The van der Waals surface area contributed by atoms with Crippen LogP contribution in [-0.4, -0.2) is 11.1 Å². The van der Waals surface area contributed by atoms with Gasteiger partial charge in [0.05, 0.1) is 5.92 Å². The van der Waals surface area contributed by atoms with Crippen LogP contribution in [0.15, 0.2) is 0 Å². The molecule has 2 heteroatoms. The van der Waals surface area contributed by atoms with Gasteiger partial charge < -0.3 is 5.11 Å². The van der Waals surface area contributed by atoms with Crippen LogP contribution >= 0.6 is 0 Å². The third-order valence-electron chi connectivity index (χ3n) is 1.62. The van der Waals surface area contributed by atoms with Gasteiger partial charge in [0.2, 0.25) is 0 Å². The van der Waals surface area contributed by atoms with Crippen LogP contribution in [0.1, 0.15) is 59.8 Å². The summed E-state index contributed by atoms with van der Waals surface area (Å²) in [6.45, 7) is 8.29. The second-order valence-electron chi connectivity index (χ2n) is 3.32. The number of aliphatic carboxylic acids is 1. The third kappa shape index (κ3) is 11.5. The fourth-order valence-electron chi connectivity index (χ4n) is 1.09. The molecule has 0 fully saturated rings. The highest BCUT2D eigenvalue weighted by Gasteiger charge is 2.13. The zero-order valence-electron chi connectivity index (χ0n) is 9.47. The van der Waals surface area contributed by atoms with Crippen LogP contribution in [0.4, 0.5) is 0 Å². The maximum atomic E-state index is 10.5. The minimum absolute atomic E-state index is 0.102. The molecule has 0 spiro atoms. The van der Waals surface area contributed by atoms with Crippen molar-refractivity contribution in [3.05, 3.63) is 0 Å². The fourth-order valence-corrected chi connectivity index (χ4v) is 1.09. The van der Waals surface area contributed by atoms with Crippen LogP contribution in [0.5, 0.6) is 0 Å². The lowest BCUT2D eigenvalue weighted by atomic mass is 9.99. The van der Waals surface area contributed by atoms with Crippen molar-refractivity contribution in [2.24, 2.45) is 5.92 Å². The normalized spacial score (nSPS) is 9.31. The molecule has 0 aromatic heterocycles.